The molecule has 1 amide bonds. The van der Waals surface area contributed by atoms with E-state index in [-0.39, 0.29) is 0 Å². The molecule has 0 saturated carbocycles. The van der Waals surface area contributed by atoms with Gasteiger partial charge in [-0.2, -0.15) is 0 Å². The van der Waals surface area contributed by atoms with Crippen molar-refractivity contribution in [3.63, 3.8) is 0 Å². The van der Waals surface area contributed by atoms with E-state index in [1.54, 1.807) is 0 Å². The maximum atomic E-state index is 11.3. The topological polar surface area (TPSA) is 145 Å². The van der Waals surface area contributed by atoms with Crippen LogP contribution in [0, 0.1) is 0 Å². The summed E-state index contributed by atoms with van der Waals surface area (Å²) in [6, 6.07) is -2.01. The minimum Gasteiger partial charge on any atom is -0.394 e. The van der Waals surface area contributed by atoms with Gasteiger partial charge in [0.1, 0.15) is 24.4 Å². The van der Waals surface area contributed by atoms with Gasteiger partial charge in [0.2, 0.25) is 5.91 Å². The van der Waals surface area contributed by atoms with Crippen molar-refractivity contribution in [1.29, 1.82) is 0 Å². The number of rotatable bonds is 3. The first-order valence-electron chi connectivity index (χ1n) is 5.25. The van der Waals surface area contributed by atoms with Crippen LogP contribution in [-0.4, -0.2) is 69.6 Å². The maximum absolute atomic E-state index is 11.3. The molecule has 0 radical (unpaired) electrons. The second-order valence-electron chi connectivity index (χ2n) is 4.05. The lowest BCUT2D eigenvalue weighted by molar-refractivity contribution is -0.253. The van der Waals surface area contributed by atoms with Crippen molar-refractivity contribution < 1.29 is 30.0 Å². The van der Waals surface area contributed by atoms with Gasteiger partial charge in [-0.15, -0.1) is 0 Å². The zero-order valence-electron chi connectivity index (χ0n) is 9.35. The summed E-state index contributed by atoms with van der Waals surface area (Å²) in [5.74, 6) is -0.591. The molecule has 7 N–H and O–H groups in total. The Morgan fingerprint density at radius 2 is 2.00 bits per heavy atom. The molecule has 1 saturated heterocycles. The van der Waals surface area contributed by atoms with Gasteiger partial charge in [-0.1, -0.05) is 0 Å². The highest BCUT2D eigenvalue weighted by atomic mass is 16.6. The number of hydrogen-bond donors (Lipinski definition) is 6. The van der Waals surface area contributed by atoms with E-state index in [9.17, 15) is 20.1 Å². The SMILES string of the molecule is C[C@H](N)C(=O)N[C@H]1C(O)[C@H](O)C(CO)O[C@H]1O. The van der Waals surface area contributed by atoms with Gasteiger partial charge in [0.25, 0.3) is 0 Å². The van der Waals surface area contributed by atoms with E-state index in [2.05, 4.69) is 5.32 Å². The first kappa shape index (κ1) is 14.3. The Bertz CT molecular complexity index is 274. The zero-order valence-corrected chi connectivity index (χ0v) is 9.35. The Morgan fingerprint density at radius 1 is 1.41 bits per heavy atom. The number of hydrogen-bond acceptors (Lipinski definition) is 7. The molecule has 2 unspecified atom stereocenters. The van der Waals surface area contributed by atoms with E-state index >= 15 is 0 Å². The van der Waals surface area contributed by atoms with Crippen molar-refractivity contribution >= 4 is 5.91 Å². The molecule has 0 aromatic rings. The Labute approximate surface area is 98.0 Å². The largest absolute Gasteiger partial charge is 0.394 e. The standard InChI is InChI=1S/C9H18N2O6/c1-3(10)8(15)11-5-7(14)6(13)4(2-12)17-9(5)16/h3-7,9,12-14,16H,2,10H2,1H3,(H,11,15)/t3-,4?,5-,6+,7?,9+/m0/s1. The first-order valence-corrected chi connectivity index (χ1v) is 5.25. The molecule has 8 heteroatoms. The van der Waals surface area contributed by atoms with Gasteiger partial charge in [0.15, 0.2) is 6.29 Å². The van der Waals surface area contributed by atoms with Crippen LogP contribution in [0.1, 0.15) is 6.92 Å². The van der Waals surface area contributed by atoms with Crippen molar-refractivity contribution in [2.75, 3.05) is 6.61 Å². The molecule has 0 spiro atoms. The Kier molecular flexibility index (Phi) is 4.80. The Hall–Kier alpha value is -0.770. The summed E-state index contributed by atoms with van der Waals surface area (Å²) in [4.78, 5) is 11.3. The Balaban J connectivity index is 2.69. The minimum atomic E-state index is -1.52. The summed E-state index contributed by atoms with van der Waals surface area (Å²) in [7, 11) is 0. The summed E-state index contributed by atoms with van der Waals surface area (Å²) in [5.41, 5.74) is 5.31. The van der Waals surface area contributed by atoms with E-state index in [1.807, 2.05) is 0 Å². The highest BCUT2D eigenvalue weighted by Crippen LogP contribution is 2.19. The fraction of sp³-hybridized carbons (Fsp3) is 0.889. The van der Waals surface area contributed by atoms with Crippen molar-refractivity contribution in [3.05, 3.63) is 0 Å². The second-order valence-corrected chi connectivity index (χ2v) is 4.05. The van der Waals surface area contributed by atoms with Gasteiger partial charge in [0, 0.05) is 0 Å². The highest BCUT2D eigenvalue weighted by molar-refractivity contribution is 5.81. The third-order valence-electron chi connectivity index (χ3n) is 2.62. The number of ether oxygens (including phenoxy) is 1. The van der Waals surface area contributed by atoms with Crippen molar-refractivity contribution in [3.8, 4) is 0 Å². The van der Waals surface area contributed by atoms with E-state index < -0.39 is 49.2 Å². The highest BCUT2D eigenvalue weighted by Gasteiger charge is 2.44. The van der Waals surface area contributed by atoms with Crippen LogP contribution in [0.5, 0.6) is 0 Å². The summed E-state index contributed by atoms with van der Waals surface area (Å²) >= 11 is 0. The van der Waals surface area contributed by atoms with Crippen molar-refractivity contribution in [2.45, 2.75) is 43.6 Å². The lowest BCUT2D eigenvalue weighted by Gasteiger charge is -2.40. The third kappa shape index (κ3) is 3.12. The molecule has 1 fully saturated rings. The predicted molar refractivity (Wildman–Crippen MR) is 55.6 cm³/mol. The minimum absolute atomic E-state index is 0.552. The molecule has 0 aliphatic carbocycles. The fourth-order valence-electron chi connectivity index (χ4n) is 1.55. The molecule has 0 aromatic heterocycles. The summed E-state index contributed by atoms with van der Waals surface area (Å²) in [6.07, 6.45) is -5.46. The van der Waals surface area contributed by atoms with Gasteiger partial charge in [-0.3, -0.25) is 4.79 Å². The van der Waals surface area contributed by atoms with Crippen molar-refractivity contribution in [1.82, 2.24) is 5.32 Å². The molecular weight excluding hydrogens is 232 g/mol. The number of amides is 1. The number of aliphatic hydroxyl groups excluding tert-OH is 4. The van der Waals surface area contributed by atoms with Crippen LogP contribution in [-0.2, 0) is 9.53 Å². The molecule has 100 valence electrons. The van der Waals surface area contributed by atoms with E-state index in [0.717, 1.165) is 0 Å². The lowest BCUT2D eigenvalue weighted by atomic mass is 9.97. The van der Waals surface area contributed by atoms with Crippen molar-refractivity contribution in [2.24, 2.45) is 5.73 Å². The van der Waals surface area contributed by atoms with Crippen LogP contribution >= 0.6 is 0 Å². The van der Waals surface area contributed by atoms with Gasteiger partial charge in [-0.05, 0) is 6.92 Å². The average Bonchev–Trinajstić information content (AvgIpc) is 2.28. The molecular formula is C9H18N2O6. The summed E-state index contributed by atoms with van der Waals surface area (Å²) in [6.45, 7) is 0.883. The number of nitrogens with two attached hydrogens (primary N) is 1. The maximum Gasteiger partial charge on any atom is 0.237 e. The molecule has 0 bridgehead atoms. The normalized spacial score (nSPS) is 39.8. The molecule has 8 nitrogen and oxygen atoms in total. The van der Waals surface area contributed by atoms with Crippen LogP contribution in [0.3, 0.4) is 0 Å². The summed E-state index contributed by atoms with van der Waals surface area (Å²) in [5, 5.41) is 39.9. The van der Waals surface area contributed by atoms with E-state index in [1.165, 1.54) is 6.92 Å². The second kappa shape index (κ2) is 5.71. The van der Waals surface area contributed by atoms with Crippen LogP contribution in [0.2, 0.25) is 0 Å². The van der Waals surface area contributed by atoms with Gasteiger partial charge >= 0.3 is 0 Å². The number of carbonyl (C=O) groups is 1. The molecule has 6 atom stereocenters. The molecule has 1 rings (SSSR count). The van der Waals surface area contributed by atoms with Crippen LogP contribution in [0.4, 0.5) is 0 Å². The molecule has 1 aliphatic heterocycles. The van der Waals surface area contributed by atoms with Crippen LogP contribution in [0.15, 0.2) is 0 Å². The molecule has 0 aromatic carbocycles. The van der Waals surface area contributed by atoms with Gasteiger partial charge in [0.05, 0.1) is 12.6 Å². The quantitative estimate of drug-likeness (QED) is 0.302. The Morgan fingerprint density at radius 3 is 2.47 bits per heavy atom. The molecule has 17 heavy (non-hydrogen) atoms. The van der Waals surface area contributed by atoms with Gasteiger partial charge in [-0.25, -0.2) is 0 Å². The van der Waals surface area contributed by atoms with E-state index in [0.29, 0.717) is 0 Å². The molecule has 1 heterocycles. The van der Waals surface area contributed by atoms with E-state index in [4.69, 9.17) is 15.6 Å². The predicted octanol–water partition coefficient (Wildman–Crippen LogP) is -3.75. The lowest BCUT2D eigenvalue weighted by Crippen LogP contribution is -2.65. The number of nitrogens with one attached hydrogen (secondary N) is 1. The van der Waals surface area contributed by atoms with Gasteiger partial charge < -0.3 is 36.2 Å². The number of aliphatic hydroxyl groups is 4. The average molecular weight is 250 g/mol. The first-order chi connectivity index (χ1) is 7.88. The number of carbonyl (C=O) groups excluding carboxylic acids is 1. The fourth-order valence-corrected chi connectivity index (χ4v) is 1.55. The van der Waals surface area contributed by atoms with Crippen LogP contribution in [0.25, 0.3) is 0 Å². The monoisotopic (exact) mass is 250 g/mol. The summed E-state index contributed by atoms with van der Waals surface area (Å²) < 4.78 is 4.85. The third-order valence-corrected chi connectivity index (χ3v) is 2.62. The van der Waals surface area contributed by atoms with Crippen LogP contribution < -0.4 is 11.1 Å². The zero-order chi connectivity index (χ0) is 13.2. The smallest absolute Gasteiger partial charge is 0.237 e. The molecule has 1 aliphatic rings.